The van der Waals surface area contributed by atoms with Gasteiger partial charge in [0.15, 0.2) is 0 Å². The van der Waals surface area contributed by atoms with Crippen molar-refractivity contribution < 1.29 is 9.47 Å². The molecule has 2 aromatic rings. The van der Waals surface area contributed by atoms with Crippen LogP contribution < -0.4 is 20.9 Å². The van der Waals surface area contributed by atoms with E-state index in [2.05, 4.69) is 0 Å². The molecule has 2 aromatic carbocycles. The summed E-state index contributed by atoms with van der Waals surface area (Å²) in [6, 6.07) is 14.8. The molecule has 4 nitrogen and oxygen atoms in total. The van der Waals surface area contributed by atoms with Crippen LogP contribution in [0.2, 0.25) is 0 Å². The molecule has 4 heteroatoms. The third-order valence-corrected chi connectivity index (χ3v) is 2.32. The fourth-order valence-corrected chi connectivity index (χ4v) is 1.57. The van der Waals surface area contributed by atoms with Gasteiger partial charge in [0.25, 0.3) is 0 Å². The Labute approximate surface area is 106 Å². The van der Waals surface area contributed by atoms with E-state index in [1.54, 1.807) is 18.2 Å². The van der Waals surface area contributed by atoms with Gasteiger partial charge in [0.05, 0.1) is 0 Å². The fraction of sp³-hybridized carbons (Fsp3) is 0.143. The summed E-state index contributed by atoms with van der Waals surface area (Å²) in [5.41, 5.74) is 12.5. The first-order valence-electron chi connectivity index (χ1n) is 5.71. The minimum atomic E-state index is 0.442. The van der Waals surface area contributed by atoms with Gasteiger partial charge in [-0.25, -0.2) is 0 Å². The summed E-state index contributed by atoms with van der Waals surface area (Å²) in [4.78, 5) is 0. The predicted octanol–water partition coefficient (Wildman–Crippen LogP) is 2.31. The van der Waals surface area contributed by atoms with Crippen LogP contribution >= 0.6 is 0 Å². The maximum Gasteiger partial charge on any atom is 0.123 e. The number of benzene rings is 2. The molecule has 0 bridgehead atoms. The molecule has 0 radical (unpaired) electrons. The van der Waals surface area contributed by atoms with Crippen LogP contribution in [0.15, 0.2) is 48.5 Å². The molecule has 0 saturated heterocycles. The molecule has 0 fully saturated rings. The Morgan fingerprint density at radius 1 is 0.722 bits per heavy atom. The van der Waals surface area contributed by atoms with Crippen LogP contribution in [0.25, 0.3) is 0 Å². The summed E-state index contributed by atoms with van der Waals surface area (Å²) in [6.07, 6.45) is 0. The standard InChI is InChI=1S/C14H16N2O2/c15-11-8-12(16)10-14(9-11)18-7-6-17-13-4-2-1-3-5-13/h1-5,8-10H,6-7,15-16H2. The predicted molar refractivity (Wildman–Crippen MR) is 72.7 cm³/mol. The second-order valence-electron chi connectivity index (χ2n) is 3.85. The van der Waals surface area contributed by atoms with Gasteiger partial charge in [-0.1, -0.05) is 18.2 Å². The third kappa shape index (κ3) is 3.59. The molecule has 0 unspecified atom stereocenters. The SMILES string of the molecule is Nc1cc(N)cc(OCCOc2ccccc2)c1. The van der Waals surface area contributed by atoms with Gasteiger partial charge >= 0.3 is 0 Å². The average molecular weight is 244 g/mol. The summed E-state index contributed by atoms with van der Waals surface area (Å²) in [7, 11) is 0. The average Bonchev–Trinajstić information content (AvgIpc) is 2.35. The molecule has 0 aliphatic carbocycles. The number of nitrogens with two attached hydrogens (primary N) is 2. The van der Waals surface area contributed by atoms with Crippen molar-refractivity contribution in [1.29, 1.82) is 0 Å². The van der Waals surface area contributed by atoms with Crippen LogP contribution in [0.3, 0.4) is 0 Å². The quantitative estimate of drug-likeness (QED) is 0.625. The monoisotopic (exact) mass is 244 g/mol. The van der Waals surface area contributed by atoms with Crippen molar-refractivity contribution in [2.24, 2.45) is 0 Å². The lowest BCUT2D eigenvalue weighted by Crippen LogP contribution is -2.09. The molecular weight excluding hydrogens is 228 g/mol. The van der Waals surface area contributed by atoms with E-state index in [1.165, 1.54) is 0 Å². The molecule has 0 amide bonds. The summed E-state index contributed by atoms with van der Waals surface area (Å²) >= 11 is 0. The Morgan fingerprint density at radius 3 is 1.89 bits per heavy atom. The normalized spacial score (nSPS) is 10.0. The van der Waals surface area contributed by atoms with E-state index >= 15 is 0 Å². The number of hydrogen-bond donors (Lipinski definition) is 2. The first-order valence-corrected chi connectivity index (χ1v) is 5.71. The lowest BCUT2D eigenvalue weighted by Gasteiger charge is -2.09. The Bertz CT molecular complexity index is 480. The van der Waals surface area contributed by atoms with Gasteiger partial charge in [-0.05, 0) is 18.2 Å². The van der Waals surface area contributed by atoms with Crippen molar-refractivity contribution >= 4 is 11.4 Å². The number of ether oxygens (including phenoxy) is 2. The molecule has 0 aromatic heterocycles. The molecule has 0 aliphatic heterocycles. The second kappa shape index (κ2) is 5.82. The lowest BCUT2D eigenvalue weighted by atomic mass is 10.3. The van der Waals surface area contributed by atoms with E-state index < -0.39 is 0 Å². The fourth-order valence-electron chi connectivity index (χ4n) is 1.57. The first kappa shape index (κ1) is 12.1. The topological polar surface area (TPSA) is 70.5 Å². The largest absolute Gasteiger partial charge is 0.490 e. The molecule has 0 aliphatic rings. The molecule has 0 saturated carbocycles. The van der Waals surface area contributed by atoms with Crippen molar-refractivity contribution in [3.63, 3.8) is 0 Å². The smallest absolute Gasteiger partial charge is 0.123 e. The van der Waals surface area contributed by atoms with Crippen LogP contribution in [-0.2, 0) is 0 Å². The third-order valence-electron chi connectivity index (χ3n) is 2.32. The zero-order chi connectivity index (χ0) is 12.8. The molecular formula is C14H16N2O2. The minimum Gasteiger partial charge on any atom is -0.490 e. The van der Waals surface area contributed by atoms with Gasteiger partial charge in [0.1, 0.15) is 24.7 Å². The van der Waals surface area contributed by atoms with Crippen LogP contribution in [0, 0.1) is 0 Å². The van der Waals surface area contributed by atoms with Gasteiger partial charge in [0, 0.05) is 23.5 Å². The van der Waals surface area contributed by atoms with Gasteiger partial charge in [-0.15, -0.1) is 0 Å². The molecule has 4 N–H and O–H groups in total. The van der Waals surface area contributed by atoms with Crippen LogP contribution in [0.4, 0.5) is 11.4 Å². The van der Waals surface area contributed by atoms with E-state index in [-0.39, 0.29) is 0 Å². The highest BCUT2D eigenvalue weighted by atomic mass is 16.5. The number of rotatable bonds is 5. The molecule has 0 spiro atoms. The molecule has 18 heavy (non-hydrogen) atoms. The highest BCUT2D eigenvalue weighted by Crippen LogP contribution is 2.20. The Hall–Kier alpha value is -2.36. The van der Waals surface area contributed by atoms with E-state index in [9.17, 15) is 0 Å². The van der Waals surface area contributed by atoms with Gasteiger partial charge in [-0.2, -0.15) is 0 Å². The Morgan fingerprint density at radius 2 is 1.28 bits per heavy atom. The molecule has 0 heterocycles. The first-order chi connectivity index (χ1) is 8.74. The highest BCUT2D eigenvalue weighted by Gasteiger charge is 1.98. The van der Waals surface area contributed by atoms with Crippen molar-refractivity contribution in [2.75, 3.05) is 24.7 Å². The van der Waals surface area contributed by atoms with Crippen molar-refractivity contribution in [2.45, 2.75) is 0 Å². The van der Waals surface area contributed by atoms with E-state index in [4.69, 9.17) is 20.9 Å². The van der Waals surface area contributed by atoms with E-state index in [0.29, 0.717) is 30.3 Å². The molecule has 0 atom stereocenters. The highest BCUT2D eigenvalue weighted by molar-refractivity contribution is 5.56. The second-order valence-corrected chi connectivity index (χ2v) is 3.85. The summed E-state index contributed by atoms with van der Waals surface area (Å²) < 4.78 is 11.0. The van der Waals surface area contributed by atoms with Crippen molar-refractivity contribution in [1.82, 2.24) is 0 Å². The van der Waals surface area contributed by atoms with Gasteiger partial charge < -0.3 is 20.9 Å². The van der Waals surface area contributed by atoms with Gasteiger partial charge in [0.2, 0.25) is 0 Å². The van der Waals surface area contributed by atoms with Crippen molar-refractivity contribution in [3.05, 3.63) is 48.5 Å². The maximum absolute atomic E-state index is 5.66. The van der Waals surface area contributed by atoms with Crippen LogP contribution in [0.1, 0.15) is 0 Å². The Balaban J connectivity index is 1.78. The summed E-state index contributed by atoms with van der Waals surface area (Å²) in [6.45, 7) is 0.913. The minimum absolute atomic E-state index is 0.442. The van der Waals surface area contributed by atoms with E-state index in [1.807, 2.05) is 30.3 Å². The van der Waals surface area contributed by atoms with E-state index in [0.717, 1.165) is 5.75 Å². The number of hydrogen-bond acceptors (Lipinski definition) is 4. The van der Waals surface area contributed by atoms with Crippen LogP contribution in [-0.4, -0.2) is 13.2 Å². The summed E-state index contributed by atoms with van der Waals surface area (Å²) in [5.74, 6) is 1.48. The van der Waals surface area contributed by atoms with Crippen molar-refractivity contribution in [3.8, 4) is 11.5 Å². The number of anilines is 2. The molecule has 2 rings (SSSR count). The zero-order valence-electron chi connectivity index (χ0n) is 10.0. The van der Waals surface area contributed by atoms with Crippen LogP contribution in [0.5, 0.6) is 11.5 Å². The van der Waals surface area contributed by atoms with Gasteiger partial charge in [-0.3, -0.25) is 0 Å². The number of nitrogen functional groups attached to an aromatic ring is 2. The maximum atomic E-state index is 5.66. The Kier molecular flexibility index (Phi) is 3.91. The zero-order valence-corrected chi connectivity index (χ0v) is 10.0. The molecule has 94 valence electrons. The number of para-hydroxylation sites is 1. The lowest BCUT2D eigenvalue weighted by molar-refractivity contribution is 0.217. The summed E-state index contributed by atoms with van der Waals surface area (Å²) in [5, 5.41) is 0.